The fourth-order valence-corrected chi connectivity index (χ4v) is 3.00. The van der Waals surface area contributed by atoms with Crippen LogP contribution >= 0.6 is 11.6 Å². The van der Waals surface area contributed by atoms with Gasteiger partial charge < -0.3 is 15.0 Å². The van der Waals surface area contributed by atoms with Gasteiger partial charge in [0.25, 0.3) is 17.3 Å². The predicted octanol–water partition coefficient (Wildman–Crippen LogP) is 3.25. The van der Waals surface area contributed by atoms with Crippen molar-refractivity contribution < 1.29 is 19.4 Å². The lowest BCUT2D eigenvalue weighted by atomic mass is 10.1. The molecule has 146 valence electrons. The van der Waals surface area contributed by atoms with E-state index in [1.807, 2.05) is 4.90 Å². The van der Waals surface area contributed by atoms with Crippen molar-refractivity contribution in [1.29, 1.82) is 0 Å². The van der Waals surface area contributed by atoms with E-state index in [1.165, 1.54) is 30.3 Å². The molecule has 10 nitrogen and oxygen atoms in total. The highest BCUT2D eigenvalue weighted by Crippen LogP contribution is 2.32. The Labute approximate surface area is 164 Å². The maximum absolute atomic E-state index is 12.7. The topological polar surface area (TPSA) is 128 Å². The number of nitrogens with one attached hydrogen (secondary N) is 1. The number of amides is 1. The molecule has 0 bridgehead atoms. The van der Waals surface area contributed by atoms with Crippen LogP contribution in [0.25, 0.3) is 0 Å². The van der Waals surface area contributed by atoms with Crippen molar-refractivity contribution in [3.63, 3.8) is 0 Å². The van der Waals surface area contributed by atoms with E-state index in [-0.39, 0.29) is 22.0 Å². The van der Waals surface area contributed by atoms with Gasteiger partial charge in [0.1, 0.15) is 0 Å². The van der Waals surface area contributed by atoms with E-state index in [9.17, 15) is 25.0 Å². The van der Waals surface area contributed by atoms with Crippen LogP contribution in [-0.4, -0.2) is 42.1 Å². The Hall–Kier alpha value is -3.24. The van der Waals surface area contributed by atoms with Gasteiger partial charge >= 0.3 is 0 Å². The third-order valence-corrected chi connectivity index (χ3v) is 4.53. The molecule has 1 saturated heterocycles. The van der Waals surface area contributed by atoms with Crippen molar-refractivity contribution in [3.05, 3.63) is 67.2 Å². The molecule has 0 saturated carbocycles. The van der Waals surface area contributed by atoms with Crippen LogP contribution in [0.2, 0.25) is 5.02 Å². The fourth-order valence-electron chi connectivity index (χ4n) is 2.80. The summed E-state index contributed by atoms with van der Waals surface area (Å²) in [5, 5.41) is 24.8. The smallest absolute Gasteiger partial charge is 0.271 e. The first-order chi connectivity index (χ1) is 13.4. The van der Waals surface area contributed by atoms with Crippen molar-refractivity contribution in [2.45, 2.75) is 0 Å². The van der Waals surface area contributed by atoms with Crippen LogP contribution in [0.3, 0.4) is 0 Å². The Bertz CT molecular complexity index is 945. The molecule has 3 rings (SSSR count). The third-order valence-electron chi connectivity index (χ3n) is 4.20. The number of hydrogen-bond donors (Lipinski definition) is 1. The minimum Gasteiger partial charge on any atom is -0.378 e. The summed E-state index contributed by atoms with van der Waals surface area (Å²) in [7, 11) is 0. The maximum Gasteiger partial charge on any atom is 0.271 e. The quantitative estimate of drug-likeness (QED) is 0.596. The van der Waals surface area contributed by atoms with Gasteiger partial charge in [-0.25, -0.2) is 0 Å². The second-order valence-electron chi connectivity index (χ2n) is 5.93. The maximum atomic E-state index is 12.7. The van der Waals surface area contributed by atoms with Gasteiger partial charge in [-0.3, -0.25) is 25.0 Å². The molecule has 1 aliphatic rings. The lowest BCUT2D eigenvalue weighted by molar-refractivity contribution is -0.385. The molecule has 1 fully saturated rings. The molecular weight excluding hydrogens is 392 g/mol. The molecule has 0 aliphatic carbocycles. The molecule has 2 aromatic carbocycles. The molecule has 0 unspecified atom stereocenters. The number of hydrogen-bond acceptors (Lipinski definition) is 7. The molecule has 1 amide bonds. The van der Waals surface area contributed by atoms with Gasteiger partial charge in [0.05, 0.1) is 45.0 Å². The van der Waals surface area contributed by atoms with Crippen LogP contribution in [0, 0.1) is 20.2 Å². The summed E-state index contributed by atoms with van der Waals surface area (Å²) in [6, 6.07) is 7.62. The van der Waals surface area contributed by atoms with Gasteiger partial charge in [0, 0.05) is 37.4 Å². The highest BCUT2D eigenvalue weighted by molar-refractivity contribution is 6.34. The number of non-ortho nitro benzene ring substituents is 2. The molecule has 1 aliphatic heterocycles. The molecule has 1 heterocycles. The van der Waals surface area contributed by atoms with Crippen LogP contribution in [0.1, 0.15) is 10.4 Å². The number of nitro benzene ring substituents is 2. The van der Waals surface area contributed by atoms with E-state index >= 15 is 0 Å². The van der Waals surface area contributed by atoms with Crippen LogP contribution < -0.4 is 10.2 Å². The highest BCUT2D eigenvalue weighted by atomic mass is 35.5. The Morgan fingerprint density at radius 2 is 1.64 bits per heavy atom. The largest absolute Gasteiger partial charge is 0.378 e. The molecule has 0 aromatic heterocycles. The van der Waals surface area contributed by atoms with Gasteiger partial charge in [-0.2, -0.15) is 0 Å². The van der Waals surface area contributed by atoms with Crippen molar-refractivity contribution in [3.8, 4) is 0 Å². The summed E-state index contributed by atoms with van der Waals surface area (Å²) < 4.78 is 5.30. The van der Waals surface area contributed by atoms with Crippen molar-refractivity contribution in [2.75, 3.05) is 36.5 Å². The zero-order chi connectivity index (χ0) is 20.3. The van der Waals surface area contributed by atoms with Gasteiger partial charge in [0.15, 0.2) is 0 Å². The molecular formula is C17H15ClN4O6. The lowest BCUT2D eigenvalue weighted by Gasteiger charge is -2.30. The monoisotopic (exact) mass is 406 g/mol. The van der Waals surface area contributed by atoms with Crippen LogP contribution in [0.15, 0.2) is 36.4 Å². The number of rotatable bonds is 5. The zero-order valence-electron chi connectivity index (χ0n) is 14.5. The van der Waals surface area contributed by atoms with E-state index in [0.29, 0.717) is 37.7 Å². The SMILES string of the molecule is O=C(Nc1ccc([N+](=O)[O-])cc1N1CCOCC1)c1cc([N+](=O)[O-])ccc1Cl. The lowest BCUT2D eigenvalue weighted by Crippen LogP contribution is -2.36. The Balaban J connectivity index is 1.95. The van der Waals surface area contributed by atoms with E-state index in [4.69, 9.17) is 16.3 Å². The zero-order valence-corrected chi connectivity index (χ0v) is 15.2. The summed E-state index contributed by atoms with van der Waals surface area (Å²) in [4.78, 5) is 35.5. The number of carbonyl (C=O) groups is 1. The van der Waals surface area contributed by atoms with Crippen LogP contribution in [0.4, 0.5) is 22.7 Å². The van der Waals surface area contributed by atoms with Crippen LogP contribution in [-0.2, 0) is 4.74 Å². The number of nitrogens with zero attached hydrogens (tertiary/aromatic N) is 3. The average Bonchev–Trinajstić information content (AvgIpc) is 2.68. The molecule has 1 N–H and O–H groups in total. The number of ether oxygens (including phenoxy) is 1. The number of benzene rings is 2. The first kappa shape index (κ1) is 19.5. The first-order valence-electron chi connectivity index (χ1n) is 8.23. The second-order valence-corrected chi connectivity index (χ2v) is 6.34. The van der Waals surface area contributed by atoms with Crippen molar-refractivity contribution in [1.82, 2.24) is 0 Å². The Morgan fingerprint density at radius 1 is 1.04 bits per heavy atom. The van der Waals surface area contributed by atoms with Gasteiger partial charge in [0.2, 0.25) is 0 Å². The molecule has 11 heteroatoms. The van der Waals surface area contributed by atoms with Crippen LogP contribution in [0.5, 0.6) is 0 Å². The van der Waals surface area contributed by atoms with Crippen molar-refractivity contribution in [2.24, 2.45) is 0 Å². The standard InChI is InChI=1S/C17H15ClN4O6/c18-14-3-1-11(21(24)25)9-13(14)17(23)19-15-4-2-12(22(26)27)10-16(15)20-5-7-28-8-6-20/h1-4,9-10H,5-8H2,(H,19,23). The molecule has 28 heavy (non-hydrogen) atoms. The highest BCUT2D eigenvalue weighted by Gasteiger charge is 2.22. The number of carbonyl (C=O) groups excluding carboxylic acids is 1. The number of morpholine rings is 1. The van der Waals surface area contributed by atoms with Gasteiger partial charge in [-0.05, 0) is 12.1 Å². The van der Waals surface area contributed by atoms with Crippen molar-refractivity contribution >= 4 is 40.3 Å². The normalized spacial score (nSPS) is 13.8. The van der Waals surface area contributed by atoms with Gasteiger partial charge in [-0.1, -0.05) is 11.6 Å². The fraction of sp³-hybridized carbons (Fsp3) is 0.235. The van der Waals surface area contributed by atoms with E-state index in [2.05, 4.69) is 5.32 Å². The molecule has 0 atom stereocenters. The minimum absolute atomic E-state index is 0.0536. The van der Waals surface area contributed by atoms with Gasteiger partial charge in [-0.15, -0.1) is 0 Å². The van der Waals surface area contributed by atoms with E-state index < -0.39 is 15.8 Å². The summed E-state index contributed by atoms with van der Waals surface area (Å²) >= 11 is 6.02. The molecule has 0 spiro atoms. The second kappa shape index (κ2) is 8.19. The number of halogens is 1. The summed E-state index contributed by atoms with van der Waals surface area (Å²) in [5.74, 6) is -0.655. The number of anilines is 2. The van der Waals surface area contributed by atoms with E-state index in [1.54, 1.807) is 0 Å². The predicted molar refractivity (Wildman–Crippen MR) is 102 cm³/mol. The van der Waals surface area contributed by atoms with E-state index in [0.717, 1.165) is 6.07 Å². The molecule has 2 aromatic rings. The average molecular weight is 407 g/mol. The summed E-state index contributed by atoms with van der Waals surface area (Å²) in [6.07, 6.45) is 0. The number of nitro groups is 2. The first-order valence-corrected chi connectivity index (χ1v) is 8.61. The summed E-state index contributed by atoms with van der Waals surface area (Å²) in [6.45, 7) is 1.91. The molecule has 0 radical (unpaired) electrons. The third kappa shape index (κ3) is 4.18. The minimum atomic E-state index is -0.655. The Kier molecular flexibility index (Phi) is 5.71. The Morgan fingerprint density at radius 3 is 2.29 bits per heavy atom. The summed E-state index contributed by atoms with van der Waals surface area (Å²) in [5.41, 5.74) is 0.342.